The number of ether oxygens (including phenoxy) is 3. The van der Waals surface area contributed by atoms with Crippen molar-refractivity contribution in [3.8, 4) is 0 Å². The lowest BCUT2D eigenvalue weighted by molar-refractivity contribution is -0.161. The standard InChI is InChI=1S/C50H85N3O17P2/c1-3-5-7-9-11-13-15-17-18-19-21-23-25-27-29-33-45(56)65-37-40(68-46(57)34-30-32-42(55)41(54)31-28-26-24-22-20-16-14-12-10-8-6-4-2)38-66-71(61,62)70-72(63,64)67-39-43-47(58)48(59)49(69-43)53-36-35-44(51)52-50(53)60/h12,14,17-18,20,22,26,28,35-36,40-43,47-49,54-55,58-59H,3-11,13,15-16,19,21,23-25,27,29-34,37-39H2,1-2H3,(H,61,62)(H,63,64)(H2,51,52,60)/b14-12-,18-17-,22-20-,28-26-/t40-,41?,42?,43-,47-,48-,49-/m1/s1. The molecule has 412 valence electrons. The Balaban J connectivity index is 1.87. The SMILES string of the molecule is CCCCC/C=C\C/C=C\C/C=C\CC(O)C(O)CCCC(=O)O[C@H](COC(=O)CCCCCCC/C=C\CCCCCCCC)COP(=O)(O)OP(=O)(O)OC[C@H]1O[C@@H](n2ccc(N)nc2=O)[C@H](O)[C@@H]1O. The van der Waals surface area contributed by atoms with E-state index in [9.17, 15) is 53.7 Å². The molecule has 20 nitrogen and oxygen atoms in total. The fourth-order valence-corrected chi connectivity index (χ4v) is 9.52. The zero-order chi connectivity index (χ0) is 53.0. The van der Waals surface area contributed by atoms with Crippen molar-refractivity contribution >= 4 is 33.4 Å². The molecule has 2 rings (SSSR count). The summed E-state index contributed by atoms with van der Waals surface area (Å²) in [6, 6.07) is 1.23. The number of nitrogens with two attached hydrogens (primary N) is 1. The zero-order valence-electron chi connectivity index (χ0n) is 42.4. The van der Waals surface area contributed by atoms with Gasteiger partial charge in [0.15, 0.2) is 12.3 Å². The number of esters is 2. The summed E-state index contributed by atoms with van der Waals surface area (Å²) in [7, 11) is -11.0. The number of aromatic nitrogens is 2. The maximum Gasteiger partial charge on any atom is 0.481 e. The molecular formula is C50H85N3O17P2. The number of carbonyl (C=O) groups is 2. The maximum absolute atomic E-state index is 12.9. The van der Waals surface area contributed by atoms with Gasteiger partial charge < -0.3 is 50.2 Å². The Morgan fingerprint density at radius 2 is 1.26 bits per heavy atom. The van der Waals surface area contributed by atoms with E-state index in [1.807, 2.05) is 12.2 Å². The fourth-order valence-electron chi connectivity index (χ4n) is 7.41. The fraction of sp³-hybridized carbons (Fsp3) is 0.720. The summed E-state index contributed by atoms with van der Waals surface area (Å²) in [6.45, 7) is 1.83. The first-order valence-corrected chi connectivity index (χ1v) is 28.8. The summed E-state index contributed by atoms with van der Waals surface area (Å²) < 4.78 is 56.5. The Morgan fingerprint density at radius 1 is 0.722 bits per heavy atom. The smallest absolute Gasteiger partial charge is 0.462 e. The van der Waals surface area contributed by atoms with Crippen LogP contribution in [0.5, 0.6) is 0 Å². The number of allylic oxidation sites excluding steroid dienone is 7. The molecular weight excluding hydrogens is 977 g/mol. The van der Waals surface area contributed by atoms with Gasteiger partial charge in [0.05, 0.1) is 25.4 Å². The highest BCUT2D eigenvalue weighted by molar-refractivity contribution is 7.61. The number of hydrogen-bond donors (Lipinski definition) is 7. The van der Waals surface area contributed by atoms with E-state index < -0.39 is 95.9 Å². The van der Waals surface area contributed by atoms with Gasteiger partial charge in [-0.15, -0.1) is 0 Å². The molecule has 1 aromatic rings. The van der Waals surface area contributed by atoms with Gasteiger partial charge in [-0.3, -0.25) is 23.2 Å². The molecule has 0 aromatic carbocycles. The van der Waals surface area contributed by atoms with Crippen LogP contribution in [0.1, 0.15) is 174 Å². The highest BCUT2D eigenvalue weighted by Gasteiger charge is 2.46. The Labute approximate surface area is 425 Å². The van der Waals surface area contributed by atoms with Crippen LogP contribution in [0.15, 0.2) is 65.7 Å². The number of aliphatic hydroxyl groups excluding tert-OH is 4. The number of phosphoric ester groups is 2. The third-order valence-corrected chi connectivity index (χ3v) is 14.2. The van der Waals surface area contributed by atoms with Crippen LogP contribution in [0.25, 0.3) is 0 Å². The molecule has 4 unspecified atom stereocenters. The third kappa shape index (κ3) is 30.1. The second-order valence-electron chi connectivity index (χ2n) is 18.0. The van der Waals surface area contributed by atoms with Crippen molar-refractivity contribution in [2.45, 2.75) is 211 Å². The summed E-state index contributed by atoms with van der Waals surface area (Å²) in [6.07, 6.45) is 27.7. The van der Waals surface area contributed by atoms with Gasteiger partial charge >= 0.3 is 33.3 Å². The summed E-state index contributed by atoms with van der Waals surface area (Å²) in [5, 5.41) is 41.8. The van der Waals surface area contributed by atoms with Gasteiger partial charge in [-0.1, -0.05) is 127 Å². The number of carbonyl (C=O) groups excluding carboxylic acids is 2. The molecule has 0 aliphatic carbocycles. The van der Waals surface area contributed by atoms with Crippen molar-refractivity contribution in [3.05, 3.63) is 71.4 Å². The van der Waals surface area contributed by atoms with Gasteiger partial charge in [-0.05, 0) is 83.1 Å². The number of unbranched alkanes of at least 4 members (excludes halogenated alkanes) is 14. The number of aliphatic hydroxyl groups is 4. The normalized spacial score (nSPS) is 20.3. The van der Waals surface area contributed by atoms with Crippen molar-refractivity contribution in [1.82, 2.24) is 9.55 Å². The van der Waals surface area contributed by atoms with Crippen LogP contribution in [0.4, 0.5) is 5.82 Å². The van der Waals surface area contributed by atoms with Crippen LogP contribution in [-0.4, -0.2) is 108 Å². The molecule has 9 atom stereocenters. The molecule has 0 radical (unpaired) electrons. The largest absolute Gasteiger partial charge is 0.481 e. The van der Waals surface area contributed by atoms with E-state index in [0.29, 0.717) is 12.8 Å². The second kappa shape index (κ2) is 38.2. The molecule has 72 heavy (non-hydrogen) atoms. The molecule has 1 saturated heterocycles. The number of nitrogens with zero attached hydrogens (tertiary/aromatic N) is 2. The van der Waals surface area contributed by atoms with Crippen molar-refractivity contribution in [2.24, 2.45) is 0 Å². The quantitative estimate of drug-likeness (QED) is 0.0140. The minimum atomic E-state index is -5.50. The van der Waals surface area contributed by atoms with Gasteiger partial charge in [0.25, 0.3) is 0 Å². The molecule has 2 heterocycles. The molecule has 1 aliphatic heterocycles. The van der Waals surface area contributed by atoms with E-state index in [0.717, 1.165) is 62.1 Å². The molecule has 0 amide bonds. The minimum absolute atomic E-state index is 0.0336. The Morgan fingerprint density at radius 3 is 1.92 bits per heavy atom. The number of phosphoric acid groups is 2. The number of rotatable bonds is 42. The first-order valence-electron chi connectivity index (χ1n) is 25.8. The Kier molecular flexibility index (Phi) is 34.4. The number of hydrogen-bond acceptors (Lipinski definition) is 17. The first-order chi connectivity index (χ1) is 34.5. The van der Waals surface area contributed by atoms with Crippen LogP contribution in [0, 0.1) is 0 Å². The van der Waals surface area contributed by atoms with Crippen molar-refractivity contribution in [2.75, 3.05) is 25.6 Å². The monoisotopic (exact) mass is 1060 g/mol. The van der Waals surface area contributed by atoms with E-state index in [1.54, 1.807) is 6.08 Å². The summed E-state index contributed by atoms with van der Waals surface area (Å²) in [5.74, 6) is -1.61. The highest BCUT2D eigenvalue weighted by atomic mass is 31.3. The molecule has 0 saturated carbocycles. The lowest BCUT2D eigenvalue weighted by Gasteiger charge is -2.22. The lowest BCUT2D eigenvalue weighted by atomic mass is 10.0. The Hall–Kier alpha value is -3.36. The van der Waals surface area contributed by atoms with Gasteiger partial charge in [-0.25, -0.2) is 13.9 Å². The second-order valence-corrected chi connectivity index (χ2v) is 21.0. The minimum Gasteiger partial charge on any atom is -0.462 e. The van der Waals surface area contributed by atoms with Crippen molar-refractivity contribution in [3.63, 3.8) is 0 Å². The van der Waals surface area contributed by atoms with Crippen LogP contribution in [0.3, 0.4) is 0 Å². The first kappa shape index (κ1) is 64.8. The summed E-state index contributed by atoms with van der Waals surface area (Å²) in [5.41, 5.74) is 4.56. The van der Waals surface area contributed by atoms with E-state index in [4.69, 9.17) is 29.0 Å². The van der Waals surface area contributed by atoms with E-state index in [1.165, 1.54) is 63.9 Å². The number of nitrogen functional groups attached to an aromatic ring is 1. The van der Waals surface area contributed by atoms with E-state index >= 15 is 0 Å². The topological polar surface area (TPSA) is 306 Å². The van der Waals surface area contributed by atoms with Crippen LogP contribution >= 0.6 is 15.6 Å². The van der Waals surface area contributed by atoms with Gasteiger partial charge in [0.1, 0.15) is 30.7 Å². The average molecular weight is 1060 g/mol. The molecule has 1 aliphatic rings. The summed E-state index contributed by atoms with van der Waals surface area (Å²) in [4.78, 5) is 62.0. The molecule has 0 bridgehead atoms. The van der Waals surface area contributed by atoms with Gasteiger partial charge in [0.2, 0.25) is 0 Å². The predicted octanol–water partition coefficient (Wildman–Crippen LogP) is 8.50. The Bertz CT molecular complexity index is 1930. The van der Waals surface area contributed by atoms with E-state index in [2.05, 4.69) is 53.5 Å². The number of anilines is 1. The molecule has 1 aromatic heterocycles. The van der Waals surface area contributed by atoms with Crippen LogP contribution < -0.4 is 11.4 Å². The van der Waals surface area contributed by atoms with Crippen molar-refractivity contribution < 1.29 is 76.5 Å². The lowest BCUT2D eigenvalue weighted by Crippen LogP contribution is -2.36. The zero-order valence-corrected chi connectivity index (χ0v) is 44.2. The third-order valence-electron chi connectivity index (χ3n) is 11.6. The van der Waals surface area contributed by atoms with Gasteiger partial charge in [-0.2, -0.15) is 9.29 Å². The maximum atomic E-state index is 12.9. The predicted molar refractivity (Wildman–Crippen MR) is 273 cm³/mol. The highest BCUT2D eigenvalue weighted by Crippen LogP contribution is 2.60. The average Bonchev–Trinajstić information content (AvgIpc) is 3.61. The van der Waals surface area contributed by atoms with Crippen LogP contribution in [0.2, 0.25) is 0 Å². The van der Waals surface area contributed by atoms with Crippen molar-refractivity contribution in [1.29, 1.82) is 0 Å². The summed E-state index contributed by atoms with van der Waals surface area (Å²) >= 11 is 0. The molecule has 0 spiro atoms. The molecule has 22 heteroatoms. The van der Waals surface area contributed by atoms with Crippen LogP contribution in [-0.2, 0) is 46.3 Å². The molecule has 1 fully saturated rings. The van der Waals surface area contributed by atoms with Gasteiger partial charge in [0, 0.05) is 19.0 Å². The van der Waals surface area contributed by atoms with E-state index in [-0.39, 0.29) is 37.9 Å². The molecule has 8 N–H and O–H groups in total.